The Labute approximate surface area is 202 Å². The average Bonchev–Trinajstić information content (AvgIpc) is 2.78. The molecule has 0 aromatic heterocycles. The molecule has 17 heteroatoms. The maximum absolute atomic E-state index is 12.2. The Balaban J connectivity index is 5.15. The first kappa shape index (κ1) is 32.4. The fraction of sp³-hybridized carbons (Fsp3) is 0.765. The molecule has 0 aromatic rings. The Hall–Kier alpha value is -1.63. The number of carbonyl (C=O) groups excluding carboxylic acids is 4. The third-order valence-corrected chi connectivity index (χ3v) is 5.98. The van der Waals surface area contributed by atoms with Crippen LogP contribution >= 0.6 is 0 Å². The fourth-order valence-electron chi connectivity index (χ4n) is 2.12. The van der Waals surface area contributed by atoms with Gasteiger partial charge in [-0.2, -0.15) is 0 Å². The summed E-state index contributed by atoms with van der Waals surface area (Å²) in [7, 11) is 0. The molecule has 0 saturated carbocycles. The smallest absolute Gasteiger partial charge is 0.308 e. The Morgan fingerprint density at radius 3 is 1.62 bits per heavy atom. The van der Waals surface area contributed by atoms with Crippen molar-refractivity contribution in [2.45, 2.75) is 32.6 Å². The van der Waals surface area contributed by atoms with Crippen molar-refractivity contribution >= 4 is 56.3 Å². The summed E-state index contributed by atoms with van der Waals surface area (Å²) in [6.45, 7) is -1.23. The van der Waals surface area contributed by atoms with Gasteiger partial charge < -0.3 is 33.0 Å². The first-order chi connectivity index (χ1) is 15.8. The lowest BCUT2D eigenvalue weighted by atomic mass is 9.92. The van der Waals surface area contributed by atoms with E-state index in [1.165, 1.54) is 6.92 Å². The van der Waals surface area contributed by atoms with Gasteiger partial charge in [0.1, 0.15) is 19.8 Å². The molecule has 14 nitrogen and oxygen atoms in total. The molecule has 0 spiro atoms. The highest BCUT2D eigenvalue weighted by Crippen LogP contribution is 2.21. The van der Waals surface area contributed by atoms with Gasteiger partial charge in [0.15, 0.2) is 22.2 Å². The number of aliphatic hydroxyl groups excluding tert-OH is 1. The minimum atomic E-state index is -2.67. The van der Waals surface area contributed by atoms with Crippen LogP contribution in [0.3, 0.4) is 0 Å². The lowest BCUT2D eigenvalue weighted by molar-refractivity contribution is -0.166. The van der Waals surface area contributed by atoms with Gasteiger partial charge in [0, 0.05) is 6.42 Å². The van der Waals surface area contributed by atoms with Crippen LogP contribution < -0.4 is 0 Å². The second-order valence-corrected chi connectivity index (χ2v) is 10.3. The van der Waals surface area contributed by atoms with Crippen molar-refractivity contribution in [1.82, 2.24) is 0 Å². The molecule has 0 fully saturated rings. The number of esters is 3. The van der Waals surface area contributed by atoms with Crippen LogP contribution in [0.25, 0.3) is 0 Å². The van der Waals surface area contributed by atoms with Crippen molar-refractivity contribution < 1.29 is 64.8 Å². The monoisotopic (exact) mass is 552 g/mol. The quantitative estimate of drug-likeness (QED) is 0.0962. The molecule has 0 saturated heterocycles. The molecule has 0 amide bonds. The van der Waals surface area contributed by atoms with E-state index < -0.39 is 118 Å². The number of ether oxygens (including phenoxy) is 3. The summed E-state index contributed by atoms with van der Waals surface area (Å²) in [5, 5.41) is 8.89. The Kier molecular flexibility index (Phi) is 16.1. The summed E-state index contributed by atoms with van der Waals surface area (Å²) >= 11 is -7.16. The molecule has 4 atom stereocenters. The zero-order chi connectivity index (χ0) is 26.3. The van der Waals surface area contributed by atoms with Crippen molar-refractivity contribution in [2.24, 2.45) is 11.3 Å². The molecule has 0 aliphatic heterocycles. The van der Waals surface area contributed by atoms with E-state index in [1.807, 2.05) is 0 Å². The normalized spacial score (nSPS) is 16.4. The Bertz CT molecular complexity index is 749. The molecule has 4 N–H and O–H groups in total. The highest BCUT2D eigenvalue weighted by Gasteiger charge is 2.36. The minimum absolute atomic E-state index is 0.101. The predicted molar refractivity (Wildman–Crippen MR) is 117 cm³/mol. The van der Waals surface area contributed by atoms with Crippen LogP contribution in [0.1, 0.15) is 32.6 Å². The van der Waals surface area contributed by atoms with E-state index in [-0.39, 0.29) is 12.8 Å². The maximum atomic E-state index is 12.2. The maximum Gasteiger partial charge on any atom is 0.308 e. The second kappa shape index (κ2) is 16.9. The number of hydrogen-bond donors (Lipinski definition) is 4. The van der Waals surface area contributed by atoms with Gasteiger partial charge in [-0.3, -0.25) is 19.2 Å². The van der Waals surface area contributed by atoms with E-state index in [9.17, 15) is 36.9 Å². The van der Waals surface area contributed by atoms with Crippen LogP contribution in [0.2, 0.25) is 0 Å². The molecule has 0 radical (unpaired) electrons. The zero-order valence-corrected chi connectivity index (χ0v) is 20.7. The first-order valence-electron chi connectivity index (χ1n) is 9.69. The van der Waals surface area contributed by atoms with Crippen LogP contribution in [0.15, 0.2) is 0 Å². The molecule has 198 valence electrons. The molecule has 34 heavy (non-hydrogen) atoms. The molecule has 4 unspecified atom stereocenters. The van der Waals surface area contributed by atoms with E-state index in [2.05, 4.69) is 0 Å². The second-order valence-electron chi connectivity index (χ2n) is 7.20. The molecule has 0 aliphatic carbocycles. The highest BCUT2D eigenvalue weighted by atomic mass is 32.2. The molecule has 0 bridgehead atoms. The van der Waals surface area contributed by atoms with Gasteiger partial charge in [0.25, 0.3) is 0 Å². The van der Waals surface area contributed by atoms with Crippen molar-refractivity contribution in [3.63, 3.8) is 0 Å². The van der Waals surface area contributed by atoms with Crippen LogP contribution in [-0.4, -0.2) is 92.3 Å². The average molecular weight is 553 g/mol. The molecule has 0 aromatic carbocycles. The van der Waals surface area contributed by atoms with Gasteiger partial charge >= 0.3 is 17.9 Å². The summed E-state index contributed by atoms with van der Waals surface area (Å²) in [4.78, 5) is 47.0. The van der Waals surface area contributed by atoms with Gasteiger partial charge in [-0.15, -0.1) is 0 Å². The summed E-state index contributed by atoms with van der Waals surface area (Å²) in [6, 6.07) is 0. The SMILES string of the molecule is CC(CCC(=O)S(=O)O)C(=O)OCC(CO)(COC(=O)CCS(=O)O)COC(=O)CCS(=O)O. The van der Waals surface area contributed by atoms with Gasteiger partial charge in [-0.25, -0.2) is 12.6 Å². The van der Waals surface area contributed by atoms with Crippen LogP contribution in [0, 0.1) is 11.3 Å². The van der Waals surface area contributed by atoms with Crippen LogP contribution in [-0.2, 0) is 66.6 Å². The number of rotatable bonds is 17. The Morgan fingerprint density at radius 1 is 0.794 bits per heavy atom. The molecule has 0 aliphatic rings. The van der Waals surface area contributed by atoms with E-state index >= 15 is 0 Å². The molecular formula is C17H28O14S3. The van der Waals surface area contributed by atoms with Gasteiger partial charge in [-0.1, -0.05) is 6.92 Å². The van der Waals surface area contributed by atoms with Crippen molar-refractivity contribution in [1.29, 1.82) is 0 Å². The van der Waals surface area contributed by atoms with Crippen LogP contribution in [0.5, 0.6) is 0 Å². The number of hydrogen-bond acceptors (Lipinski definition) is 11. The molecule has 0 rings (SSSR count). The summed E-state index contributed by atoms with van der Waals surface area (Å²) in [5.74, 6) is -4.34. The summed E-state index contributed by atoms with van der Waals surface area (Å²) < 4.78 is 73.2. The summed E-state index contributed by atoms with van der Waals surface area (Å²) in [6.07, 6.45) is -1.32. The molecule has 0 heterocycles. The van der Waals surface area contributed by atoms with Gasteiger partial charge in [0.05, 0.1) is 42.3 Å². The number of aliphatic hydroxyl groups is 1. The van der Waals surface area contributed by atoms with Crippen molar-refractivity contribution in [2.75, 3.05) is 37.9 Å². The lowest BCUT2D eigenvalue weighted by Crippen LogP contribution is -2.43. The van der Waals surface area contributed by atoms with E-state index in [0.29, 0.717) is 0 Å². The largest absolute Gasteiger partial charge is 0.465 e. The van der Waals surface area contributed by atoms with Gasteiger partial charge in [-0.05, 0) is 6.42 Å². The standard InChI is InChI=1S/C17H28O14S3/c1-12(2-3-15(21)34(27)28)16(22)31-11-17(8-18,9-29-13(19)4-6-32(23)24)10-30-14(20)5-7-33(25)26/h12,18H,2-11H2,1H3,(H,23,24)(H,25,26)(H,27,28). The van der Waals surface area contributed by atoms with E-state index in [1.54, 1.807) is 0 Å². The Morgan fingerprint density at radius 2 is 1.24 bits per heavy atom. The third kappa shape index (κ3) is 14.6. The highest BCUT2D eigenvalue weighted by molar-refractivity contribution is 7.95. The van der Waals surface area contributed by atoms with Crippen LogP contribution in [0.4, 0.5) is 0 Å². The summed E-state index contributed by atoms with van der Waals surface area (Å²) in [5.41, 5.74) is -1.63. The van der Waals surface area contributed by atoms with Crippen molar-refractivity contribution in [3.05, 3.63) is 0 Å². The predicted octanol–water partition coefficient (Wildman–Crippen LogP) is -1.02. The minimum Gasteiger partial charge on any atom is -0.465 e. The third-order valence-electron chi connectivity index (χ3n) is 4.27. The lowest BCUT2D eigenvalue weighted by Gasteiger charge is -2.30. The van der Waals surface area contributed by atoms with E-state index in [4.69, 9.17) is 27.9 Å². The first-order valence-corrected chi connectivity index (χ1v) is 13.3. The number of carbonyl (C=O) groups is 4. The van der Waals surface area contributed by atoms with Crippen molar-refractivity contribution in [3.8, 4) is 0 Å². The zero-order valence-electron chi connectivity index (χ0n) is 18.2. The van der Waals surface area contributed by atoms with Gasteiger partial charge in [0.2, 0.25) is 16.2 Å². The van der Waals surface area contributed by atoms with E-state index in [0.717, 1.165) is 0 Å². The fourth-order valence-corrected chi connectivity index (χ4v) is 3.10. The topological polar surface area (TPSA) is 228 Å². The molecular weight excluding hydrogens is 524 g/mol.